The summed E-state index contributed by atoms with van der Waals surface area (Å²) in [6, 6.07) is 0. The maximum absolute atomic E-state index is 4.81. The first-order valence-corrected chi connectivity index (χ1v) is 14.1. The Balaban J connectivity index is 2.20. The number of rotatable bonds is 0. The summed E-state index contributed by atoms with van der Waals surface area (Å²) in [5.41, 5.74) is 0. The predicted molar refractivity (Wildman–Crippen MR) is 82.6 cm³/mol. The molecule has 8 heteroatoms. The van der Waals surface area contributed by atoms with Gasteiger partial charge in [0.2, 0.25) is 0 Å². The van der Waals surface area contributed by atoms with Crippen molar-refractivity contribution in [3.05, 3.63) is 0 Å². The van der Waals surface area contributed by atoms with Crippen LogP contribution < -0.4 is 0 Å². The SMILES string of the molecule is CC1=NN2P(C)(C)(S1)N1N=C(C)SP21(C)C. The molecule has 0 unspecified atom stereocenters. The number of hydrogen-bond donors (Lipinski definition) is 0. The molecule has 0 aliphatic carbocycles. The van der Waals surface area contributed by atoms with E-state index in [1.54, 1.807) is 0 Å². The van der Waals surface area contributed by atoms with E-state index in [2.05, 4.69) is 49.6 Å². The Morgan fingerprint density at radius 1 is 0.812 bits per heavy atom. The van der Waals surface area contributed by atoms with E-state index in [4.69, 9.17) is 10.2 Å². The van der Waals surface area contributed by atoms with Gasteiger partial charge in [-0.15, -0.1) is 0 Å². The van der Waals surface area contributed by atoms with E-state index in [-0.39, 0.29) is 0 Å². The van der Waals surface area contributed by atoms with Crippen LogP contribution in [0.1, 0.15) is 13.8 Å². The molecule has 3 heterocycles. The van der Waals surface area contributed by atoms with Crippen molar-refractivity contribution in [2.24, 2.45) is 10.2 Å². The molecule has 3 rings (SSSR count). The summed E-state index contributed by atoms with van der Waals surface area (Å²) in [6.07, 6.45) is -4.18. The maximum atomic E-state index is 4.81. The van der Waals surface area contributed by atoms with Crippen molar-refractivity contribution in [2.75, 3.05) is 26.7 Å². The van der Waals surface area contributed by atoms with Gasteiger partial charge in [0.15, 0.2) is 0 Å². The van der Waals surface area contributed by atoms with E-state index < -0.39 is 12.2 Å². The van der Waals surface area contributed by atoms with Crippen LogP contribution in [-0.4, -0.2) is 45.8 Å². The van der Waals surface area contributed by atoms with Gasteiger partial charge in [0.25, 0.3) is 0 Å². The molecule has 0 aromatic carbocycles. The van der Waals surface area contributed by atoms with Gasteiger partial charge < -0.3 is 0 Å². The summed E-state index contributed by atoms with van der Waals surface area (Å²) in [4.78, 5) is 0. The first-order valence-electron chi connectivity index (χ1n) is 5.21. The van der Waals surface area contributed by atoms with Crippen molar-refractivity contribution in [2.45, 2.75) is 13.8 Å². The van der Waals surface area contributed by atoms with Crippen LogP contribution in [0, 0.1) is 0 Å². The Bertz CT molecular complexity index is 424. The Labute approximate surface area is 105 Å². The molecule has 0 bridgehead atoms. The predicted octanol–water partition coefficient (Wildman–Crippen LogP) is 3.88. The minimum absolute atomic E-state index is 1.19. The van der Waals surface area contributed by atoms with E-state index in [9.17, 15) is 0 Å². The van der Waals surface area contributed by atoms with Crippen LogP contribution >= 0.6 is 35.0 Å². The molecule has 0 aromatic rings. The van der Waals surface area contributed by atoms with Crippen LogP contribution in [0.2, 0.25) is 0 Å². The third kappa shape index (κ3) is 0.959. The fraction of sp³-hybridized carbons (Fsp3) is 0.750. The van der Waals surface area contributed by atoms with Gasteiger partial charge in [-0.2, -0.15) is 0 Å². The van der Waals surface area contributed by atoms with Crippen LogP contribution in [0.4, 0.5) is 0 Å². The molecule has 1 saturated heterocycles. The molecule has 92 valence electrons. The number of hydrazone groups is 2. The van der Waals surface area contributed by atoms with Crippen molar-refractivity contribution in [1.82, 2.24) is 9.10 Å². The Morgan fingerprint density at radius 2 is 1.12 bits per heavy atom. The van der Waals surface area contributed by atoms with Gasteiger partial charge >= 0.3 is 105 Å². The number of fused-ring (bicyclic) bond motifs is 4. The van der Waals surface area contributed by atoms with Crippen LogP contribution in [0.3, 0.4) is 0 Å². The summed E-state index contributed by atoms with van der Waals surface area (Å²) >= 11 is 3.88. The van der Waals surface area contributed by atoms with Crippen LogP contribution in [0.25, 0.3) is 0 Å². The molecule has 1 fully saturated rings. The molecule has 0 radical (unpaired) electrons. The van der Waals surface area contributed by atoms with Crippen molar-refractivity contribution < 1.29 is 0 Å². The quantitative estimate of drug-likeness (QED) is 0.635. The number of nitrogens with zero attached hydrogens (tertiary/aromatic N) is 4. The first kappa shape index (κ1) is 11.6. The van der Waals surface area contributed by atoms with Crippen LogP contribution in [-0.2, 0) is 0 Å². The van der Waals surface area contributed by atoms with Crippen LogP contribution in [0.5, 0.6) is 0 Å². The monoisotopic (exact) mass is 296 g/mol. The summed E-state index contributed by atoms with van der Waals surface area (Å²) in [7, 11) is 0. The van der Waals surface area contributed by atoms with Crippen molar-refractivity contribution >= 4 is 45.1 Å². The zero-order valence-electron chi connectivity index (χ0n) is 10.5. The van der Waals surface area contributed by atoms with E-state index in [1.165, 1.54) is 10.1 Å². The minimum atomic E-state index is -2.09. The third-order valence-corrected chi connectivity index (χ3v) is 23.9. The fourth-order valence-electron chi connectivity index (χ4n) is 3.28. The standard InChI is InChI=1S/C8H18N4P2S2/c1-7-9-11-13(3,4,15-7)12-10-8(2)16-14(11,12,5)6/h1-6H3. The van der Waals surface area contributed by atoms with Crippen molar-refractivity contribution in [1.29, 1.82) is 0 Å². The van der Waals surface area contributed by atoms with Gasteiger partial charge in [-0.05, 0) is 0 Å². The molecule has 0 atom stereocenters. The first-order chi connectivity index (χ1) is 7.06. The van der Waals surface area contributed by atoms with Crippen LogP contribution in [0.15, 0.2) is 10.2 Å². The van der Waals surface area contributed by atoms with E-state index in [1.807, 2.05) is 22.8 Å². The van der Waals surface area contributed by atoms with E-state index in [0.29, 0.717) is 0 Å². The second-order valence-corrected chi connectivity index (χ2v) is 24.3. The van der Waals surface area contributed by atoms with Crippen molar-refractivity contribution in [3.8, 4) is 0 Å². The molecular formula is C8H18N4P2S2. The van der Waals surface area contributed by atoms with Gasteiger partial charge in [0.1, 0.15) is 0 Å². The molecule has 0 aromatic heterocycles. The molecule has 0 N–H and O–H groups in total. The zero-order valence-corrected chi connectivity index (χ0v) is 13.9. The van der Waals surface area contributed by atoms with Gasteiger partial charge in [-0.25, -0.2) is 0 Å². The molecule has 0 spiro atoms. The second-order valence-electron chi connectivity index (χ2n) is 5.69. The van der Waals surface area contributed by atoms with Gasteiger partial charge in [0.05, 0.1) is 0 Å². The average Bonchev–Trinajstić information content (AvgIpc) is 2.45. The van der Waals surface area contributed by atoms with Crippen molar-refractivity contribution in [3.63, 3.8) is 0 Å². The zero-order chi connectivity index (χ0) is 12.0. The molecule has 3 aliphatic heterocycles. The van der Waals surface area contributed by atoms with E-state index >= 15 is 0 Å². The summed E-state index contributed by atoms with van der Waals surface area (Å²) in [5, 5.41) is 12.0. The molecular weight excluding hydrogens is 278 g/mol. The fourth-order valence-corrected chi connectivity index (χ4v) is 35.5. The molecule has 0 saturated carbocycles. The summed E-state index contributed by atoms with van der Waals surface area (Å²) in [6.45, 7) is 13.7. The Morgan fingerprint density at radius 3 is 1.44 bits per heavy atom. The molecule has 4 nitrogen and oxygen atoms in total. The topological polar surface area (TPSA) is 31.2 Å². The Hall–Kier alpha value is 0.500. The summed E-state index contributed by atoms with van der Waals surface area (Å²) < 4.78 is 4.92. The Kier molecular flexibility index (Phi) is 1.77. The van der Waals surface area contributed by atoms with Gasteiger partial charge in [-0.1, -0.05) is 0 Å². The molecule has 3 aliphatic rings. The summed E-state index contributed by atoms with van der Waals surface area (Å²) in [5.74, 6) is 0. The normalized spacial score (nSPS) is 40.1. The second kappa shape index (κ2) is 2.45. The average molecular weight is 296 g/mol. The van der Waals surface area contributed by atoms with Gasteiger partial charge in [0, 0.05) is 0 Å². The van der Waals surface area contributed by atoms with Gasteiger partial charge in [-0.3, -0.25) is 0 Å². The van der Waals surface area contributed by atoms with E-state index in [0.717, 1.165) is 0 Å². The molecule has 16 heavy (non-hydrogen) atoms. The third-order valence-electron chi connectivity index (χ3n) is 3.30. The molecule has 0 amide bonds. The number of hydrogen-bond acceptors (Lipinski definition) is 6.